The van der Waals surface area contributed by atoms with Gasteiger partial charge >= 0.3 is 0 Å². The van der Waals surface area contributed by atoms with Crippen molar-refractivity contribution in [2.24, 2.45) is 9.98 Å². The number of anilines is 2. The SMILES string of the molecule is C=N/C(=C\N=CC)c1nc(Nc2ccc(F)c(Cl)c2)c2cc(I)ccc2n1. The van der Waals surface area contributed by atoms with Gasteiger partial charge in [-0.15, -0.1) is 0 Å². The van der Waals surface area contributed by atoms with Crippen LogP contribution in [0, 0.1) is 9.39 Å². The number of fused-ring (bicyclic) bond motifs is 1. The highest BCUT2D eigenvalue weighted by atomic mass is 127. The number of hydrogen-bond acceptors (Lipinski definition) is 5. The van der Waals surface area contributed by atoms with E-state index in [4.69, 9.17) is 11.6 Å². The monoisotopic (exact) mass is 493 g/mol. The molecule has 1 N–H and O–H groups in total. The average Bonchev–Trinajstić information content (AvgIpc) is 2.66. The fraction of sp³-hybridized carbons (Fsp3) is 0.0526. The molecule has 0 aliphatic carbocycles. The van der Waals surface area contributed by atoms with Crippen molar-refractivity contribution in [1.82, 2.24) is 9.97 Å². The van der Waals surface area contributed by atoms with Crippen LogP contribution in [0.3, 0.4) is 0 Å². The number of aliphatic imine (C=N–C) groups is 2. The normalized spacial score (nSPS) is 11.9. The molecule has 0 bridgehead atoms. The van der Waals surface area contributed by atoms with Crippen LogP contribution < -0.4 is 5.32 Å². The lowest BCUT2D eigenvalue weighted by Gasteiger charge is -2.12. The third-order valence-electron chi connectivity index (χ3n) is 3.59. The fourth-order valence-electron chi connectivity index (χ4n) is 2.34. The molecule has 136 valence electrons. The van der Waals surface area contributed by atoms with Gasteiger partial charge in [0.2, 0.25) is 0 Å². The molecule has 0 saturated heterocycles. The first-order chi connectivity index (χ1) is 13.0. The van der Waals surface area contributed by atoms with Gasteiger partial charge in [0.15, 0.2) is 5.82 Å². The summed E-state index contributed by atoms with van der Waals surface area (Å²) in [5, 5.41) is 4.02. The first-order valence-electron chi connectivity index (χ1n) is 7.86. The van der Waals surface area contributed by atoms with Crippen molar-refractivity contribution in [1.29, 1.82) is 0 Å². The first-order valence-corrected chi connectivity index (χ1v) is 9.32. The molecule has 0 atom stereocenters. The summed E-state index contributed by atoms with van der Waals surface area (Å²) in [6, 6.07) is 10.2. The molecule has 1 heterocycles. The van der Waals surface area contributed by atoms with Crippen LogP contribution in [0.4, 0.5) is 15.9 Å². The van der Waals surface area contributed by atoms with Crippen LogP contribution in [0.5, 0.6) is 0 Å². The zero-order chi connectivity index (χ0) is 19.4. The summed E-state index contributed by atoms with van der Waals surface area (Å²) in [4.78, 5) is 17.2. The minimum Gasteiger partial charge on any atom is -0.340 e. The van der Waals surface area contributed by atoms with Crippen LogP contribution in [0.2, 0.25) is 5.02 Å². The van der Waals surface area contributed by atoms with E-state index in [1.165, 1.54) is 12.1 Å². The Kier molecular flexibility index (Phi) is 6.12. The lowest BCUT2D eigenvalue weighted by molar-refractivity contribution is 0.628. The van der Waals surface area contributed by atoms with Crippen LogP contribution in [0.15, 0.2) is 52.6 Å². The summed E-state index contributed by atoms with van der Waals surface area (Å²) in [5.74, 6) is 0.440. The van der Waals surface area contributed by atoms with Gasteiger partial charge in [-0.05, 0) is 72.6 Å². The summed E-state index contributed by atoms with van der Waals surface area (Å²) in [6.07, 6.45) is 3.17. The minimum absolute atomic E-state index is 0.0267. The Morgan fingerprint density at radius 1 is 1.26 bits per heavy atom. The second-order valence-electron chi connectivity index (χ2n) is 5.39. The van der Waals surface area contributed by atoms with Gasteiger partial charge in [-0.3, -0.25) is 9.98 Å². The van der Waals surface area contributed by atoms with Crippen LogP contribution in [-0.4, -0.2) is 22.9 Å². The Hall–Kier alpha value is -2.39. The molecule has 0 aliphatic heterocycles. The Labute approximate surface area is 174 Å². The number of aromatic nitrogens is 2. The minimum atomic E-state index is -0.483. The second kappa shape index (κ2) is 8.53. The van der Waals surface area contributed by atoms with Crippen molar-refractivity contribution in [3.8, 4) is 0 Å². The molecular formula is C19H14ClFIN5. The first kappa shape index (κ1) is 19.4. The van der Waals surface area contributed by atoms with Gasteiger partial charge in [0.05, 0.1) is 16.7 Å². The van der Waals surface area contributed by atoms with Crippen molar-refractivity contribution in [3.05, 3.63) is 62.8 Å². The quantitative estimate of drug-likeness (QED) is 0.358. The summed E-state index contributed by atoms with van der Waals surface area (Å²) < 4.78 is 14.5. The maximum Gasteiger partial charge on any atom is 0.182 e. The number of benzene rings is 2. The molecule has 3 aromatic rings. The lowest BCUT2D eigenvalue weighted by Crippen LogP contribution is -2.01. The smallest absolute Gasteiger partial charge is 0.182 e. The van der Waals surface area contributed by atoms with Gasteiger partial charge in [0.25, 0.3) is 0 Å². The number of hydrogen-bond donors (Lipinski definition) is 1. The van der Waals surface area contributed by atoms with Gasteiger partial charge in [0, 0.05) is 20.9 Å². The summed E-state index contributed by atoms with van der Waals surface area (Å²) in [6.45, 7) is 5.36. The zero-order valence-electron chi connectivity index (χ0n) is 14.2. The van der Waals surface area contributed by atoms with Gasteiger partial charge in [0.1, 0.15) is 17.3 Å². The molecule has 0 aliphatic rings. The molecule has 5 nitrogen and oxygen atoms in total. The lowest BCUT2D eigenvalue weighted by atomic mass is 10.2. The van der Waals surface area contributed by atoms with Gasteiger partial charge in [-0.25, -0.2) is 14.4 Å². The summed E-state index contributed by atoms with van der Waals surface area (Å²) in [7, 11) is 0. The molecule has 3 rings (SSSR count). The van der Waals surface area contributed by atoms with Gasteiger partial charge in [-0.2, -0.15) is 0 Å². The van der Waals surface area contributed by atoms with E-state index >= 15 is 0 Å². The molecule has 0 amide bonds. The largest absolute Gasteiger partial charge is 0.340 e. The van der Waals surface area contributed by atoms with E-state index in [0.29, 0.717) is 23.0 Å². The standard InChI is InChI=1S/C19H14ClFIN5/c1-3-24-10-17(23-2)19-26-16-7-4-11(22)8-13(16)18(27-19)25-12-5-6-15(21)14(20)9-12/h3-10H,2H2,1H3,(H,25,26,27)/b17-10-,24-3?. The molecule has 0 radical (unpaired) electrons. The Bertz CT molecular complexity index is 1080. The topological polar surface area (TPSA) is 62.5 Å². The molecule has 27 heavy (non-hydrogen) atoms. The molecule has 0 unspecified atom stereocenters. The molecule has 1 aromatic heterocycles. The van der Waals surface area contributed by atoms with Gasteiger partial charge < -0.3 is 5.32 Å². The third kappa shape index (κ3) is 4.48. The van der Waals surface area contributed by atoms with E-state index in [-0.39, 0.29) is 5.02 Å². The van der Waals surface area contributed by atoms with E-state index in [2.05, 4.69) is 54.6 Å². The summed E-state index contributed by atoms with van der Waals surface area (Å²) in [5.41, 5.74) is 1.77. The van der Waals surface area contributed by atoms with E-state index in [1.54, 1.807) is 25.4 Å². The molecule has 0 spiro atoms. The van der Waals surface area contributed by atoms with Crippen LogP contribution >= 0.6 is 34.2 Å². The summed E-state index contributed by atoms with van der Waals surface area (Å²) >= 11 is 8.11. The molecule has 8 heteroatoms. The van der Waals surface area contributed by atoms with Crippen LogP contribution in [0.1, 0.15) is 12.7 Å². The highest BCUT2D eigenvalue weighted by Crippen LogP contribution is 2.29. The Morgan fingerprint density at radius 2 is 2.07 bits per heavy atom. The maximum absolute atomic E-state index is 13.5. The maximum atomic E-state index is 13.5. The predicted octanol–water partition coefficient (Wildman–Crippen LogP) is 5.86. The molecule has 2 aromatic carbocycles. The van der Waals surface area contributed by atoms with Gasteiger partial charge in [-0.1, -0.05) is 11.6 Å². The Morgan fingerprint density at radius 3 is 2.78 bits per heavy atom. The van der Waals surface area contributed by atoms with Crippen molar-refractivity contribution in [2.45, 2.75) is 6.92 Å². The number of halogens is 3. The van der Waals surface area contributed by atoms with Crippen molar-refractivity contribution in [3.63, 3.8) is 0 Å². The highest BCUT2D eigenvalue weighted by Gasteiger charge is 2.12. The number of rotatable bonds is 5. The number of nitrogens with one attached hydrogen (secondary N) is 1. The van der Waals surface area contributed by atoms with Crippen molar-refractivity contribution < 1.29 is 4.39 Å². The fourth-order valence-corrected chi connectivity index (χ4v) is 3.01. The predicted molar refractivity (Wildman–Crippen MR) is 119 cm³/mol. The van der Waals surface area contributed by atoms with Crippen molar-refractivity contribution >= 4 is 75.2 Å². The van der Waals surface area contributed by atoms with Crippen molar-refractivity contribution in [2.75, 3.05) is 5.32 Å². The molecule has 0 fully saturated rings. The second-order valence-corrected chi connectivity index (χ2v) is 7.04. The molecular weight excluding hydrogens is 480 g/mol. The van der Waals surface area contributed by atoms with Crippen LogP contribution in [-0.2, 0) is 0 Å². The van der Waals surface area contributed by atoms with E-state index in [1.807, 2.05) is 18.2 Å². The molecule has 0 saturated carbocycles. The zero-order valence-corrected chi connectivity index (χ0v) is 17.2. The third-order valence-corrected chi connectivity index (χ3v) is 4.55. The number of nitrogens with zero attached hydrogens (tertiary/aromatic N) is 4. The van der Waals surface area contributed by atoms with E-state index < -0.39 is 5.82 Å². The van der Waals surface area contributed by atoms with E-state index in [9.17, 15) is 4.39 Å². The van der Waals surface area contributed by atoms with E-state index in [0.717, 1.165) is 14.5 Å². The van der Waals surface area contributed by atoms with Crippen LogP contribution in [0.25, 0.3) is 16.6 Å². The highest BCUT2D eigenvalue weighted by molar-refractivity contribution is 14.1. The Balaban J connectivity index is 2.17. The average molecular weight is 494 g/mol.